The summed E-state index contributed by atoms with van der Waals surface area (Å²) < 4.78 is 23.9. The number of rotatable bonds is 2. The number of hydrogen-bond donors (Lipinski definition) is 1. The van der Waals surface area contributed by atoms with Crippen LogP contribution < -0.4 is 0 Å². The Hall–Kier alpha value is -1.03. The van der Waals surface area contributed by atoms with Gasteiger partial charge < -0.3 is 5.11 Å². The Labute approximate surface area is 62.5 Å². The van der Waals surface area contributed by atoms with E-state index in [0.717, 1.165) is 0 Å². The van der Waals surface area contributed by atoms with Crippen molar-refractivity contribution in [3.8, 4) is 0 Å². The maximum absolute atomic E-state index is 11.9. The van der Waals surface area contributed by atoms with E-state index in [1.807, 2.05) is 0 Å². The van der Waals surface area contributed by atoms with Gasteiger partial charge in [-0.2, -0.15) is 0 Å². The Morgan fingerprint density at radius 2 is 2.18 bits per heavy atom. The zero-order valence-electron chi connectivity index (χ0n) is 5.67. The third-order valence-electron chi connectivity index (χ3n) is 1.21. The van der Waals surface area contributed by atoms with Crippen molar-refractivity contribution < 1.29 is 13.9 Å². The summed E-state index contributed by atoms with van der Waals surface area (Å²) in [6, 6.07) is 4.16. The van der Waals surface area contributed by atoms with Crippen LogP contribution in [-0.2, 0) is 6.61 Å². The first-order valence-electron chi connectivity index (χ1n) is 3.09. The van der Waals surface area contributed by atoms with Crippen molar-refractivity contribution in [1.82, 2.24) is 4.98 Å². The molecule has 0 amide bonds. The van der Waals surface area contributed by atoms with Crippen LogP contribution in [0.15, 0.2) is 18.2 Å². The van der Waals surface area contributed by atoms with Crippen LogP contribution in [0.2, 0.25) is 0 Å². The van der Waals surface area contributed by atoms with Gasteiger partial charge in [0.25, 0.3) is 6.43 Å². The van der Waals surface area contributed by atoms with Crippen molar-refractivity contribution in [2.24, 2.45) is 0 Å². The number of hydrogen-bond acceptors (Lipinski definition) is 2. The SMILES string of the molecule is OCc1cccc(C(F)F)n1. The standard InChI is InChI=1S/C7H7F2NO/c8-7(9)6-3-1-2-5(4-11)10-6/h1-3,7,11H,4H2. The minimum Gasteiger partial charge on any atom is -0.390 e. The zero-order chi connectivity index (χ0) is 8.27. The number of nitrogens with zero attached hydrogens (tertiary/aromatic N) is 1. The second kappa shape index (κ2) is 3.39. The fourth-order valence-electron chi connectivity index (χ4n) is 0.708. The van der Waals surface area contributed by atoms with Gasteiger partial charge in [0.15, 0.2) is 0 Å². The molecule has 0 bridgehead atoms. The fourth-order valence-corrected chi connectivity index (χ4v) is 0.708. The van der Waals surface area contributed by atoms with Crippen molar-refractivity contribution in [2.75, 3.05) is 0 Å². The molecule has 1 heterocycles. The summed E-state index contributed by atoms with van der Waals surface area (Å²) in [4.78, 5) is 3.49. The molecule has 0 atom stereocenters. The molecule has 0 aliphatic rings. The Morgan fingerprint density at radius 1 is 1.45 bits per heavy atom. The van der Waals surface area contributed by atoms with Crippen LogP contribution in [0.1, 0.15) is 17.8 Å². The zero-order valence-corrected chi connectivity index (χ0v) is 5.67. The van der Waals surface area contributed by atoms with Gasteiger partial charge in [0.05, 0.1) is 12.3 Å². The molecule has 0 spiro atoms. The highest BCUT2D eigenvalue weighted by Crippen LogP contribution is 2.15. The normalized spacial score (nSPS) is 10.5. The van der Waals surface area contributed by atoms with Crippen molar-refractivity contribution in [3.63, 3.8) is 0 Å². The average Bonchev–Trinajstić information content (AvgIpc) is 2.05. The second-order valence-corrected chi connectivity index (χ2v) is 2.01. The minimum absolute atomic E-state index is 0.266. The van der Waals surface area contributed by atoms with Crippen LogP contribution in [-0.4, -0.2) is 10.1 Å². The number of aromatic nitrogens is 1. The minimum atomic E-state index is -2.57. The first-order valence-corrected chi connectivity index (χ1v) is 3.09. The highest BCUT2D eigenvalue weighted by molar-refractivity contribution is 5.11. The van der Waals surface area contributed by atoms with Gasteiger partial charge in [0.2, 0.25) is 0 Å². The van der Waals surface area contributed by atoms with Gasteiger partial charge >= 0.3 is 0 Å². The van der Waals surface area contributed by atoms with Crippen LogP contribution >= 0.6 is 0 Å². The quantitative estimate of drug-likeness (QED) is 0.709. The molecule has 0 aliphatic carbocycles. The maximum Gasteiger partial charge on any atom is 0.280 e. The maximum atomic E-state index is 11.9. The summed E-state index contributed by atoms with van der Waals surface area (Å²) in [7, 11) is 0. The predicted octanol–water partition coefficient (Wildman–Crippen LogP) is 1.51. The van der Waals surface area contributed by atoms with Crippen molar-refractivity contribution in [1.29, 1.82) is 0 Å². The lowest BCUT2D eigenvalue weighted by atomic mass is 10.3. The van der Waals surface area contributed by atoms with Gasteiger partial charge in [0.1, 0.15) is 5.69 Å². The summed E-state index contributed by atoms with van der Waals surface area (Å²) in [6.45, 7) is -0.305. The van der Waals surface area contributed by atoms with E-state index in [2.05, 4.69) is 4.98 Å². The van der Waals surface area contributed by atoms with Gasteiger partial charge in [-0.05, 0) is 12.1 Å². The Bertz CT molecular complexity index is 240. The molecule has 1 rings (SSSR count). The van der Waals surface area contributed by atoms with Crippen molar-refractivity contribution in [3.05, 3.63) is 29.6 Å². The van der Waals surface area contributed by atoms with Crippen LogP contribution in [0.25, 0.3) is 0 Å². The van der Waals surface area contributed by atoms with E-state index in [4.69, 9.17) is 5.11 Å². The number of pyridine rings is 1. The molecule has 4 heteroatoms. The van der Waals surface area contributed by atoms with Crippen LogP contribution in [0.3, 0.4) is 0 Å². The largest absolute Gasteiger partial charge is 0.390 e. The Kier molecular flexibility index (Phi) is 2.48. The molecular weight excluding hydrogens is 152 g/mol. The van der Waals surface area contributed by atoms with E-state index in [1.165, 1.54) is 18.2 Å². The lowest BCUT2D eigenvalue weighted by Crippen LogP contribution is -1.94. The van der Waals surface area contributed by atoms with Gasteiger partial charge in [-0.1, -0.05) is 6.07 Å². The molecule has 0 saturated heterocycles. The molecule has 0 radical (unpaired) electrons. The number of halogens is 2. The highest BCUT2D eigenvalue weighted by atomic mass is 19.3. The number of aliphatic hydroxyl groups is 1. The lowest BCUT2D eigenvalue weighted by Gasteiger charge is -1.99. The summed E-state index contributed by atoms with van der Waals surface area (Å²) in [5.74, 6) is 0. The Morgan fingerprint density at radius 3 is 2.73 bits per heavy atom. The molecule has 1 aromatic rings. The molecule has 11 heavy (non-hydrogen) atoms. The fraction of sp³-hybridized carbons (Fsp3) is 0.286. The smallest absolute Gasteiger partial charge is 0.280 e. The molecule has 0 unspecified atom stereocenters. The van der Waals surface area contributed by atoms with Crippen LogP contribution in [0, 0.1) is 0 Å². The van der Waals surface area contributed by atoms with E-state index < -0.39 is 6.43 Å². The third kappa shape index (κ3) is 1.94. The topological polar surface area (TPSA) is 33.1 Å². The summed E-state index contributed by atoms with van der Waals surface area (Å²) in [5, 5.41) is 8.54. The van der Waals surface area contributed by atoms with Crippen LogP contribution in [0.5, 0.6) is 0 Å². The first-order chi connectivity index (χ1) is 5.24. The summed E-state index contributed by atoms with van der Waals surface area (Å²) in [6.07, 6.45) is -2.57. The average molecular weight is 159 g/mol. The first kappa shape index (κ1) is 8.07. The molecule has 0 aliphatic heterocycles. The van der Waals surface area contributed by atoms with Gasteiger partial charge in [0, 0.05) is 0 Å². The predicted molar refractivity (Wildman–Crippen MR) is 35.1 cm³/mol. The summed E-state index contributed by atoms with van der Waals surface area (Å²) >= 11 is 0. The second-order valence-electron chi connectivity index (χ2n) is 2.01. The molecule has 1 N–H and O–H groups in total. The monoisotopic (exact) mass is 159 g/mol. The lowest BCUT2D eigenvalue weighted by molar-refractivity contribution is 0.145. The van der Waals surface area contributed by atoms with E-state index in [1.54, 1.807) is 0 Å². The van der Waals surface area contributed by atoms with Gasteiger partial charge in [-0.3, -0.25) is 0 Å². The van der Waals surface area contributed by atoms with Gasteiger partial charge in [-0.25, -0.2) is 13.8 Å². The van der Waals surface area contributed by atoms with Gasteiger partial charge in [-0.15, -0.1) is 0 Å². The Balaban J connectivity index is 2.91. The molecule has 60 valence electrons. The van der Waals surface area contributed by atoms with E-state index >= 15 is 0 Å². The molecule has 1 aromatic heterocycles. The van der Waals surface area contributed by atoms with Crippen molar-refractivity contribution >= 4 is 0 Å². The number of aliphatic hydroxyl groups excluding tert-OH is 1. The molecule has 0 saturated carbocycles. The number of alkyl halides is 2. The third-order valence-corrected chi connectivity index (χ3v) is 1.21. The summed E-state index contributed by atoms with van der Waals surface area (Å²) in [5.41, 5.74) is -0.0284. The van der Waals surface area contributed by atoms with Crippen molar-refractivity contribution in [2.45, 2.75) is 13.0 Å². The van der Waals surface area contributed by atoms with Crippen LogP contribution in [0.4, 0.5) is 8.78 Å². The molecule has 2 nitrogen and oxygen atoms in total. The van der Waals surface area contributed by atoms with E-state index in [0.29, 0.717) is 0 Å². The molecule has 0 aromatic carbocycles. The molecular formula is C7H7F2NO. The van der Waals surface area contributed by atoms with E-state index in [-0.39, 0.29) is 18.0 Å². The highest BCUT2D eigenvalue weighted by Gasteiger charge is 2.07. The molecule has 0 fully saturated rings. The van der Waals surface area contributed by atoms with E-state index in [9.17, 15) is 8.78 Å².